The Labute approximate surface area is 200 Å². The number of methoxy groups -OCH3 is 1. The third kappa shape index (κ3) is 3.83. The predicted molar refractivity (Wildman–Crippen MR) is 134 cm³/mol. The van der Waals surface area contributed by atoms with E-state index in [2.05, 4.69) is 40.3 Å². The number of anilines is 1. The zero-order chi connectivity index (χ0) is 23.7. The topological polar surface area (TPSA) is 59.6 Å². The van der Waals surface area contributed by atoms with Crippen LogP contribution in [0.15, 0.2) is 77.3 Å². The minimum absolute atomic E-state index is 0.127. The van der Waals surface area contributed by atoms with Crippen molar-refractivity contribution in [1.29, 1.82) is 0 Å². The molecule has 1 spiro atoms. The third-order valence-electron chi connectivity index (χ3n) is 7.15. The third-order valence-corrected chi connectivity index (χ3v) is 7.15. The number of amides is 1. The zero-order valence-corrected chi connectivity index (χ0v) is 20.0. The van der Waals surface area contributed by atoms with Crippen LogP contribution < -0.4 is 10.1 Å². The monoisotopic (exact) mass is 457 g/mol. The summed E-state index contributed by atoms with van der Waals surface area (Å²) < 4.78 is 12.9. The lowest BCUT2D eigenvalue weighted by atomic mass is 9.82. The van der Waals surface area contributed by atoms with Gasteiger partial charge in [0.1, 0.15) is 5.75 Å². The van der Waals surface area contributed by atoms with Crippen LogP contribution in [0.3, 0.4) is 0 Å². The average molecular weight is 458 g/mol. The van der Waals surface area contributed by atoms with Crippen molar-refractivity contribution in [3.8, 4) is 11.4 Å². The summed E-state index contributed by atoms with van der Waals surface area (Å²) in [6.45, 7) is 5.48. The number of benzene rings is 1. The van der Waals surface area contributed by atoms with Gasteiger partial charge in [0.15, 0.2) is 0 Å². The fourth-order valence-electron chi connectivity index (χ4n) is 5.08. The van der Waals surface area contributed by atoms with Crippen molar-refractivity contribution in [3.63, 3.8) is 0 Å². The molecule has 0 atom stereocenters. The van der Waals surface area contributed by atoms with Gasteiger partial charge < -0.3 is 23.9 Å². The van der Waals surface area contributed by atoms with Crippen molar-refractivity contribution in [2.75, 3.05) is 25.5 Å². The fourth-order valence-corrected chi connectivity index (χ4v) is 5.08. The quantitative estimate of drug-likeness (QED) is 0.391. The van der Waals surface area contributed by atoms with Crippen LogP contribution in [0.5, 0.6) is 5.75 Å². The van der Waals surface area contributed by atoms with E-state index in [9.17, 15) is 4.79 Å². The number of nitrogens with one attached hydrogen (secondary N) is 1. The summed E-state index contributed by atoms with van der Waals surface area (Å²) in [5.41, 5.74) is 6.18. The molecular weight excluding hydrogens is 426 g/mol. The van der Waals surface area contributed by atoms with Crippen molar-refractivity contribution in [2.24, 2.45) is 0 Å². The molecule has 3 aromatic rings. The molecule has 1 aromatic carbocycles. The van der Waals surface area contributed by atoms with E-state index < -0.39 is 0 Å². The van der Waals surface area contributed by atoms with E-state index >= 15 is 0 Å². The summed E-state index contributed by atoms with van der Waals surface area (Å²) in [6.07, 6.45) is 11.9. The number of hydrogen-bond acceptors (Lipinski definition) is 4. The van der Waals surface area contributed by atoms with E-state index in [-0.39, 0.29) is 11.4 Å². The molecule has 0 bridgehead atoms. The number of rotatable bonds is 5. The maximum atomic E-state index is 13.3. The fraction of sp³-hybridized carbons (Fsp3) is 0.321. The second kappa shape index (κ2) is 8.93. The normalized spacial score (nSPS) is 17.2. The number of carbonyl (C=O) groups is 1. The van der Waals surface area contributed by atoms with Crippen molar-refractivity contribution < 1.29 is 13.9 Å². The molecule has 1 N–H and O–H groups in total. The molecule has 0 unspecified atom stereocenters. The molecule has 6 nitrogen and oxygen atoms in total. The molecule has 2 aliphatic heterocycles. The molecule has 1 amide bonds. The highest BCUT2D eigenvalue weighted by atomic mass is 16.5. The highest BCUT2D eigenvalue weighted by Crippen LogP contribution is 2.44. The van der Waals surface area contributed by atoms with Gasteiger partial charge in [-0.05, 0) is 62.1 Å². The van der Waals surface area contributed by atoms with Gasteiger partial charge in [0, 0.05) is 42.2 Å². The van der Waals surface area contributed by atoms with Crippen molar-refractivity contribution in [1.82, 2.24) is 9.47 Å². The van der Waals surface area contributed by atoms with Crippen molar-refractivity contribution in [3.05, 3.63) is 84.1 Å². The Kier molecular flexibility index (Phi) is 5.82. The number of aromatic nitrogens is 1. The van der Waals surface area contributed by atoms with Crippen LogP contribution in [0.1, 0.15) is 44.4 Å². The summed E-state index contributed by atoms with van der Waals surface area (Å²) in [5.74, 6) is 0.961. The largest absolute Gasteiger partial charge is 0.497 e. The first-order valence-corrected chi connectivity index (χ1v) is 11.9. The van der Waals surface area contributed by atoms with Gasteiger partial charge >= 0.3 is 0 Å². The van der Waals surface area contributed by atoms with Gasteiger partial charge in [-0.25, -0.2) is 0 Å². The van der Waals surface area contributed by atoms with Crippen molar-refractivity contribution >= 4 is 17.2 Å². The summed E-state index contributed by atoms with van der Waals surface area (Å²) in [5, 5.41) is 3.82. The molecule has 6 heteroatoms. The molecule has 1 saturated heterocycles. The number of fused-ring (bicyclic) bond motifs is 4. The molecule has 176 valence electrons. The van der Waals surface area contributed by atoms with Crippen LogP contribution in [-0.2, 0) is 10.3 Å². The van der Waals surface area contributed by atoms with Gasteiger partial charge in [-0.2, -0.15) is 0 Å². The van der Waals surface area contributed by atoms with Gasteiger partial charge in [-0.1, -0.05) is 19.1 Å². The smallest absolute Gasteiger partial charge is 0.249 e. The SMILES string of the molecule is CCC(=CC=C(C)c1ccoc1)C(=O)N1CCC2(CC1)Nc1cc(OC)ccc1-n1cccc12. The Morgan fingerprint density at radius 3 is 2.74 bits per heavy atom. The maximum Gasteiger partial charge on any atom is 0.249 e. The number of allylic oxidation sites excluding steroid dienone is 3. The lowest BCUT2D eigenvalue weighted by molar-refractivity contribution is -0.128. The Bertz CT molecular complexity index is 1240. The number of hydrogen-bond donors (Lipinski definition) is 1. The maximum absolute atomic E-state index is 13.3. The number of carbonyl (C=O) groups excluding carboxylic acids is 1. The van der Waals surface area contributed by atoms with Gasteiger partial charge in [0.2, 0.25) is 5.91 Å². The standard InChI is InChI=1S/C28H31N3O3/c1-4-21(8-7-20(2)22-11-17-34-19-22)27(32)30-15-12-28(13-16-30)26-6-5-14-31(26)25-10-9-23(33-3)18-24(25)29-28/h5-11,14,17-19,29H,4,12-13,15-16H2,1-3H3. The molecule has 34 heavy (non-hydrogen) atoms. The van der Waals surface area contributed by atoms with E-state index in [0.717, 1.165) is 46.7 Å². The minimum atomic E-state index is -0.201. The highest BCUT2D eigenvalue weighted by molar-refractivity contribution is 5.94. The van der Waals surface area contributed by atoms with Gasteiger partial charge in [-0.3, -0.25) is 4.79 Å². The van der Waals surface area contributed by atoms with E-state index in [4.69, 9.17) is 9.15 Å². The molecular formula is C28H31N3O3. The van der Waals surface area contributed by atoms with Crippen LogP contribution in [0.2, 0.25) is 0 Å². The lowest BCUT2D eigenvalue weighted by Crippen LogP contribution is -2.51. The number of likely N-dealkylation sites (tertiary alicyclic amines) is 1. The van der Waals surface area contributed by atoms with Gasteiger partial charge in [0.25, 0.3) is 0 Å². The molecule has 5 rings (SSSR count). The van der Waals surface area contributed by atoms with Crippen LogP contribution >= 0.6 is 0 Å². The van der Waals surface area contributed by atoms with E-state index in [1.54, 1.807) is 19.6 Å². The summed E-state index contributed by atoms with van der Waals surface area (Å²) in [6, 6.07) is 12.4. The zero-order valence-electron chi connectivity index (χ0n) is 20.0. The Balaban J connectivity index is 1.34. The molecule has 2 aliphatic rings. The van der Waals surface area contributed by atoms with Gasteiger partial charge in [0.05, 0.1) is 36.5 Å². The summed E-state index contributed by atoms with van der Waals surface area (Å²) in [7, 11) is 1.69. The number of furan rings is 1. The molecule has 2 aromatic heterocycles. The minimum Gasteiger partial charge on any atom is -0.497 e. The molecule has 1 fully saturated rings. The second-order valence-electron chi connectivity index (χ2n) is 9.05. The summed E-state index contributed by atoms with van der Waals surface area (Å²) >= 11 is 0. The number of nitrogens with zero attached hydrogens (tertiary/aromatic N) is 2. The first kappa shape index (κ1) is 22.1. The van der Waals surface area contributed by atoms with Crippen LogP contribution in [-0.4, -0.2) is 35.6 Å². The first-order valence-electron chi connectivity index (χ1n) is 11.9. The van der Waals surface area contributed by atoms with E-state index in [1.165, 1.54) is 5.69 Å². The average Bonchev–Trinajstić information content (AvgIpc) is 3.57. The Morgan fingerprint density at radius 1 is 1.21 bits per heavy atom. The Hall–Kier alpha value is -3.67. The number of ether oxygens (including phenoxy) is 1. The van der Waals surface area contributed by atoms with E-state index in [1.807, 2.05) is 43.0 Å². The predicted octanol–water partition coefficient (Wildman–Crippen LogP) is 5.76. The second-order valence-corrected chi connectivity index (χ2v) is 9.05. The molecule has 4 heterocycles. The Morgan fingerprint density at radius 2 is 2.03 bits per heavy atom. The van der Waals surface area contributed by atoms with E-state index in [0.29, 0.717) is 19.5 Å². The van der Waals surface area contributed by atoms with Crippen LogP contribution in [0.4, 0.5) is 5.69 Å². The van der Waals surface area contributed by atoms with Gasteiger partial charge in [-0.15, -0.1) is 0 Å². The molecule has 0 aliphatic carbocycles. The summed E-state index contributed by atoms with van der Waals surface area (Å²) in [4.78, 5) is 15.3. The molecule has 0 saturated carbocycles. The molecule has 0 radical (unpaired) electrons. The van der Waals surface area contributed by atoms with Crippen molar-refractivity contribution in [2.45, 2.75) is 38.6 Å². The van der Waals surface area contributed by atoms with Crippen LogP contribution in [0, 0.1) is 0 Å². The highest BCUT2D eigenvalue weighted by Gasteiger charge is 2.42. The van der Waals surface area contributed by atoms with Crippen LogP contribution in [0.25, 0.3) is 11.3 Å². The number of piperidine rings is 1. The lowest BCUT2D eigenvalue weighted by Gasteiger charge is -2.46. The first-order chi connectivity index (χ1) is 16.5.